The van der Waals surface area contributed by atoms with Gasteiger partial charge < -0.3 is 18.8 Å². The van der Waals surface area contributed by atoms with E-state index in [9.17, 15) is 4.79 Å². The zero-order valence-electron chi connectivity index (χ0n) is 19.5. The lowest BCUT2D eigenvalue weighted by Gasteiger charge is -2.32. The highest BCUT2D eigenvalue weighted by atomic mass is 16.7. The van der Waals surface area contributed by atoms with Crippen LogP contribution in [0.1, 0.15) is 57.2 Å². The third-order valence-corrected chi connectivity index (χ3v) is 7.54. The van der Waals surface area contributed by atoms with E-state index in [1.807, 2.05) is 25.1 Å². The molecule has 0 unspecified atom stereocenters. The zero-order valence-corrected chi connectivity index (χ0v) is 19.5. The van der Waals surface area contributed by atoms with Crippen LogP contribution >= 0.6 is 0 Å². The highest BCUT2D eigenvalue weighted by Gasteiger charge is 2.60. The summed E-state index contributed by atoms with van der Waals surface area (Å²) in [5.41, 5.74) is 3.93. The molecule has 0 N–H and O–H groups in total. The molecule has 1 saturated carbocycles. The Bertz CT molecular complexity index is 1030. The summed E-state index contributed by atoms with van der Waals surface area (Å²) in [5.74, 6) is 1.59. The Labute approximate surface area is 190 Å². The maximum absolute atomic E-state index is 12.1. The van der Waals surface area contributed by atoms with Crippen LogP contribution in [0.5, 0.6) is 5.75 Å². The van der Waals surface area contributed by atoms with Gasteiger partial charge in [0.2, 0.25) is 0 Å². The van der Waals surface area contributed by atoms with Gasteiger partial charge in [-0.15, -0.1) is 0 Å². The molecule has 1 heterocycles. The van der Waals surface area contributed by atoms with Crippen molar-refractivity contribution >= 4 is 18.6 Å². The van der Waals surface area contributed by atoms with Crippen LogP contribution in [0.2, 0.25) is 0 Å². The average molecular weight is 434 g/mol. The quantitative estimate of drug-likeness (QED) is 0.508. The number of fused-ring (bicyclic) bond motifs is 3. The Balaban J connectivity index is 1.23. The van der Waals surface area contributed by atoms with Gasteiger partial charge in [0.1, 0.15) is 12.4 Å². The number of rotatable bonds is 6. The molecule has 1 aliphatic heterocycles. The lowest BCUT2D eigenvalue weighted by molar-refractivity contribution is -0.145. The van der Waals surface area contributed by atoms with Crippen LogP contribution in [-0.4, -0.2) is 30.9 Å². The Morgan fingerprint density at radius 2 is 1.84 bits per heavy atom. The molecular weight excluding hydrogens is 403 g/mol. The van der Waals surface area contributed by atoms with Gasteiger partial charge in [-0.2, -0.15) is 0 Å². The van der Waals surface area contributed by atoms with Crippen molar-refractivity contribution in [2.45, 2.75) is 64.8 Å². The molecule has 0 bridgehead atoms. The first-order chi connectivity index (χ1) is 15.2. The third-order valence-electron chi connectivity index (χ3n) is 7.54. The van der Waals surface area contributed by atoms with E-state index in [1.165, 1.54) is 11.1 Å². The van der Waals surface area contributed by atoms with Crippen molar-refractivity contribution in [2.24, 2.45) is 11.8 Å². The lowest BCUT2D eigenvalue weighted by atomic mass is 9.78. The maximum atomic E-state index is 12.1. The SMILES string of the molecule is CCOC(=O)[C@H]1[C@@H]2Cc3cc(OCc4cccc(B5OC(C)(C)C(C)(C)O5)c4)ccc3[C@@H]21. The molecule has 2 fully saturated rings. The molecule has 0 radical (unpaired) electrons. The van der Waals surface area contributed by atoms with Gasteiger partial charge in [-0.25, -0.2) is 0 Å². The van der Waals surface area contributed by atoms with Gasteiger partial charge in [0.15, 0.2) is 0 Å². The summed E-state index contributed by atoms with van der Waals surface area (Å²) in [6.07, 6.45) is 0.929. The first kappa shape index (κ1) is 21.5. The van der Waals surface area contributed by atoms with E-state index in [-0.39, 0.29) is 30.2 Å². The molecule has 3 atom stereocenters. The summed E-state index contributed by atoms with van der Waals surface area (Å²) in [7, 11) is -0.376. The average Bonchev–Trinajstić information content (AvgIpc) is 3.25. The molecule has 168 valence electrons. The largest absolute Gasteiger partial charge is 0.494 e. The molecule has 5 rings (SSSR count). The minimum Gasteiger partial charge on any atom is -0.489 e. The summed E-state index contributed by atoms with van der Waals surface area (Å²) in [5, 5.41) is 0. The van der Waals surface area contributed by atoms with Crippen LogP contribution in [0.4, 0.5) is 0 Å². The highest BCUT2D eigenvalue weighted by Crippen LogP contribution is 2.62. The molecule has 2 aliphatic carbocycles. The number of hydrogen-bond acceptors (Lipinski definition) is 5. The van der Waals surface area contributed by atoms with Gasteiger partial charge in [-0.3, -0.25) is 4.79 Å². The number of carbonyl (C=O) groups is 1. The van der Waals surface area contributed by atoms with Crippen molar-refractivity contribution < 1.29 is 23.6 Å². The molecule has 2 aromatic rings. The number of ether oxygens (including phenoxy) is 2. The van der Waals surface area contributed by atoms with Crippen LogP contribution in [0.3, 0.4) is 0 Å². The van der Waals surface area contributed by atoms with Gasteiger partial charge in [0.05, 0.1) is 23.7 Å². The van der Waals surface area contributed by atoms with Crippen molar-refractivity contribution in [1.82, 2.24) is 0 Å². The van der Waals surface area contributed by atoms with Crippen molar-refractivity contribution in [3.63, 3.8) is 0 Å². The molecule has 0 aromatic heterocycles. The molecule has 0 amide bonds. The smallest absolute Gasteiger partial charge is 0.489 e. The van der Waals surface area contributed by atoms with E-state index in [1.54, 1.807) is 0 Å². The topological polar surface area (TPSA) is 54.0 Å². The molecule has 5 nitrogen and oxygen atoms in total. The van der Waals surface area contributed by atoms with Gasteiger partial charge in [-0.1, -0.05) is 30.3 Å². The Morgan fingerprint density at radius 3 is 2.56 bits per heavy atom. The summed E-state index contributed by atoms with van der Waals surface area (Å²) < 4.78 is 23.7. The number of benzene rings is 2. The first-order valence-electron chi connectivity index (χ1n) is 11.6. The Hall–Kier alpha value is -2.31. The minimum absolute atomic E-state index is 0.0460. The summed E-state index contributed by atoms with van der Waals surface area (Å²) >= 11 is 0. The van der Waals surface area contributed by atoms with Crippen LogP contribution in [-0.2, 0) is 31.9 Å². The van der Waals surface area contributed by atoms with Gasteiger partial charge in [0.25, 0.3) is 0 Å². The molecular formula is C26H31BO5. The van der Waals surface area contributed by atoms with Crippen LogP contribution in [0.25, 0.3) is 0 Å². The van der Waals surface area contributed by atoms with Gasteiger partial charge >= 0.3 is 13.1 Å². The molecule has 2 aromatic carbocycles. The number of hydrogen-bond donors (Lipinski definition) is 0. The lowest BCUT2D eigenvalue weighted by Crippen LogP contribution is -2.41. The molecule has 6 heteroatoms. The van der Waals surface area contributed by atoms with Gasteiger partial charge in [-0.05, 0) is 81.2 Å². The Morgan fingerprint density at radius 1 is 1.09 bits per heavy atom. The number of carbonyl (C=O) groups excluding carboxylic acids is 1. The number of esters is 1. The highest BCUT2D eigenvalue weighted by molar-refractivity contribution is 6.62. The fourth-order valence-corrected chi connectivity index (χ4v) is 5.01. The zero-order chi connectivity index (χ0) is 22.7. The van der Waals surface area contributed by atoms with Crippen molar-refractivity contribution in [3.05, 3.63) is 59.2 Å². The normalized spacial score (nSPS) is 26.4. The second-order valence-corrected chi connectivity index (χ2v) is 10.2. The van der Waals surface area contributed by atoms with E-state index in [4.69, 9.17) is 18.8 Å². The predicted molar refractivity (Wildman–Crippen MR) is 123 cm³/mol. The van der Waals surface area contributed by atoms with Crippen molar-refractivity contribution in [3.8, 4) is 5.75 Å². The Kier molecular flexibility index (Phi) is 5.14. The van der Waals surface area contributed by atoms with Crippen LogP contribution < -0.4 is 10.2 Å². The maximum Gasteiger partial charge on any atom is 0.494 e. The van der Waals surface area contributed by atoms with E-state index in [0.29, 0.717) is 25.0 Å². The van der Waals surface area contributed by atoms with E-state index < -0.39 is 0 Å². The van der Waals surface area contributed by atoms with E-state index >= 15 is 0 Å². The molecule has 3 aliphatic rings. The fourth-order valence-electron chi connectivity index (χ4n) is 5.01. The predicted octanol–water partition coefficient (Wildman–Crippen LogP) is 4.01. The molecule has 1 saturated heterocycles. The van der Waals surface area contributed by atoms with Crippen LogP contribution in [0.15, 0.2) is 42.5 Å². The minimum atomic E-state index is -0.376. The summed E-state index contributed by atoms with van der Waals surface area (Å²) in [6.45, 7) is 11.0. The van der Waals surface area contributed by atoms with E-state index in [0.717, 1.165) is 23.2 Å². The molecule has 32 heavy (non-hydrogen) atoms. The first-order valence-corrected chi connectivity index (χ1v) is 11.6. The van der Waals surface area contributed by atoms with Crippen molar-refractivity contribution in [1.29, 1.82) is 0 Å². The van der Waals surface area contributed by atoms with Crippen molar-refractivity contribution in [2.75, 3.05) is 6.61 Å². The standard InChI is InChI=1S/C26H31BO5/c1-6-29-24(28)23-21-14-17-13-19(10-11-20(17)22(21)23)30-15-16-8-7-9-18(12-16)27-31-25(2,3)26(4,5)32-27/h7-13,21-23H,6,14-15H2,1-5H3/t21-,22+,23+/m1/s1. The van der Waals surface area contributed by atoms with Crippen LogP contribution in [0, 0.1) is 11.8 Å². The monoisotopic (exact) mass is 434 g/mol. The third kappa shape index (κ3) is 3.63. The second kappa shape index (κ2) is 7.63. The van der Waals surface area contributed by atoms with Gasteiger partial charge in [0, 0.05) is 5.92 Å². The molecule has 0 spiro atoms. The fraction of sp³-hybridized carbons (Fsp3) is 0.500. The summed E-state index contributed by atoms with van der Waals surface area (Å²) in [4.78, 5) is 12.1. The summed E-state index contributed by atoms with van der Waals surface area (Å²) in [6, 6.07) is 14.5. The van der Waals surface area contributed by atoms with E-state index in [2.05, 4.69) is 52.0 Å². The second-order valence-electron chi connectivity index (χ2n) is 10.2.